The van der Waals surface area contributed by atoms with Gasteiger partial charge in [-0.25, -0.2) is 0 Å². The van der Waals surface area contributed by atoms with E-state index in [0.29, 0.717) is 26.6 Å². The first-order valence-corrected chi connectivity index (χ1v) is 9.71. The summed E-state index contributed by atoms with van der Waals surface area (Å²) in [5.74, 6) is 0.698. The minimum atomic E-state index is -0.530. The fraction of sp³-hybridized carbons (Fsp3) is 0.222. The van der Waals surface area contributed by atoms with E-state index in [2.05, 4.69) is 10.2 Å². The van der Waals surface area contributed by atoms with Crippen LogP contribution in [0.2, 0.25) is 10.0 Å². The van der Waals surface area contributed by atoms with Gasteiger partial charge in [0.2, 0.25) is 6.54 Å². The third-order valence-electron chi connectivity index (χ3n) is 3.96. The van der Waals surface area contributed by atoms with Crippen molar-refractivity contribution in [3.05, 3.63) is 79.6 Å². The fourth-order valence-corrected chi connectivity index (χ4v) is 4.45. The van der Waals surface area contributed by atoms with E-state index in [0.717, 1.165) is 11.3 Å². The van der Waals surface area contributed by atoms with Crippen LogP contribution in [0.1, 0.15) is 22.2 Å². The molecule has 0 unspecified atom stereocenters. The molecule has 0 spiro atoms. The Morgan fingerprint density at radius 1 is 1.15 bits per heavy atom. The molecule has 0 N–H and O–H groups in total. The Labute approximate surface area is 170 Å². The molecule has 2 aromatic carbocycles. The molecule has 0 saturated heterocycles. The van der Waals surface area contributed by atoms with Gasteiger partial charge in [0.25, 0.3) is 0 Å². The number of aryl methyl sites for hydroxylation is 2. The molecule has 1 atom stereocenters. The van der Waals surface area contributed by atoms with E-state index in [1.807, 2.05) is 42.7 Å². The van der Waals surface area contributed by atoms with Gasteiger partial charge in [-0.3, -0.25) is 14.7 Å². The molecule has 3 aromatic rings. The van der Waals surface area contributed by atoms with E-state index < -0.39 is 5.25 Å². The van der Waals surface area contributed by atoms with Crippen LogP contribution in [0.4, 0.5) is 0 Å². The van der Waals surface area contributed by atoms with Crippen LogP contribution >= 0.6 is 35.0 Å². The van der Waals surface area contributed by atoms with Gasteiger partial charge in [0.1, 0.15) is 11.1 Å². The van der Waals surface area contributed by atoms with Crippen molar-refractivity contribution in [1.29, 1.82) is 0 Å². The van der Waals surface area contributed by atoms with Crippen LogP contribution < -0.4 is 0 Å². The van der Waals surface area contributed by atoms with Crippen LogP contribution in [0.25, 0.3) is 5.69 Å². The van der Waals surface area contributed by atoms with E-state index in [-0.39, 0.29) is 11.5 Å². The molecule has 9 heteroatoms. The van der Waals surface area contributed by atoms with Crippen molar-refractivity contribution in [1.82, 2.24) is 14.8 Å². The Balaban J connectivity index is 2.00. The lowest BCUT2D eigenvalue weighted by Gasteiger charge is -2.15. The predicted octanol–water partition coefficient (Wildman–Crippen LogP) is 5.30. The van der Waals surface area contributed by atoms with Crippen molar-refractivity contribution < 1.29 is 4.92 Å². The van der Waals surface area contributed by atoms with Gasteiger partial charge >= 0.3 is 0 Å². The molecule has 0 bridgehead atoms. The van der Waals surface area contributed by atoms with Gasteiger partial charge in [-0.15, -0.1) is 10.2 Å². The number of nitrogens with zero attached hydrogens (tertiary/aromatic N) is 4. The van der Waals surface area contributed by atoms with Gasteiger partial charge in [-0.2, -0.15) is 0 Å². The second-order valence-corrected chi connectivity index (χ2v) is 8.00. The number of aromatic nitrogens is 3. The number of halogens is 2. The molecule has 3 rings (SSSR count). The molecule has 27 heavy (non-hydrogen) atoms. The summed E-state index contributed by atoms with van der Waals surface area (Å²) in [6, 6.07) is 12.9. The molecule has 6 nitrogen and oxygen atoms in total. The lowest BCUT2D eigenvalue weighted by atomic mass is 10.1. The number of benzene rings is 2. The average Bonchev–Trinajstić information content (AvgIpc) is 2.95. The van der Waals surface area contributed by atoms with Gasteiger partial charge in [0.05, 0.1) is 0 Å². The minimum absolute atomic E-state index is 0.300. The van der Waals surface area contributed by atoms with E-state index >= 15 is 0 Å². The molecule has 0 radical (unpaired) electrons. The monoisotopic (exact) mass is 422 g/mol. The molecule has 1 heterocycles. The van der Waals surface area contributed by atoms with Gasteiger partial charge in [-0.05, 0) is 43.7 Å². The quantitative estimate of drug-likeness (QED) is 0.306. The predicted molar refractivity (Wildman–Crippen MR) is 108 cm³/mol. The minimum Gasteiger partial charge on any atom is -0.274 e. The Morgan fingerprint density at radius 3 is 2.48 bits per heavy atom. The van der Waals surface area contributed by atoms with Gasteiger partial charge < -0.3 is 0 Å². The molecule has 0 aliphatic heterocycles. The maximum absolute atomic E-state index is 11.2. The standard InChI is InChI=1S/C18H16Cl2N4O2S/c1-11-3-6-14(7-4-11)24-12(2)21-22-18(24)27-17(10-23(25)26)15-8-5-13(19)9-16(15)20/h3-9,17H,10H2,1-2H3/t17-/m1/s1. The van der Waals surface area contributed by atoms with Crippen LogP contribution in [-0.2, 0) is 0 Å². The highest BCUT2D eigenvalue weighted by Crippen LogP contribution is 2.39. The SMILES string of the molecule is Cc1ccc(-n2c(C)nnc2S[C@H](C[N+](=O)[O-])c2ccc(Cl)cc2Cl)cc1. The van der Waals surface area contributed by atoms with Crippen molar-refractivity contribution in [2.24, 2.45) is 0 Å². The molecule has 140 valence electrons. The first-order valence-electron chi connectivity index (χ1n) is 8.07. The Morgan fingerprint density at radius 2 is 1.85 bits per heavy atom. The number of hydrogen-bond donors (Lipinski definition) is 0. The molecule has 1 aromatic heterocycles. The molecule has 0 aliphatic carbocycles. The topological polar surface area (TPSA) is 73.8 Å². The highest BCUT2D eigenvalue weighted by molar-refractivity contribution is 7.99. The maximum Gasteiger partial charge on any atom is 0.220 e. The van der Waals surface area contributed by atoms with Gasteiger partial charge in [0.15, 0.2) is 5.16 Å². The zero-order chi connectivity index (χ0) is 19.6. The lowest BCUT2D eigenvalue weighted by Crippen LogP contribution is -2.11. The van der Waals surface area contributed by atoms with Crippen molar-refractivity contribution in [3.8, 4) is 5.69 Å². The van der Waals surface area contributed by atoms with Crippen LogP contribution in [0.3, 0.4) is 0 Å². The van der Waals surface area contributed by atoms with Crippen LogP contribution in [-0.4, -0.2) is 26.2 Å². The zero-order valence-corrected chi connectivity index (χ0v) is 16.9. The maximum atomic E-state index is 11.2. The first kappa shape index (κ1) is 19.7. The van der Waals surface area contributed by atoms with E-state index in [1.54, 1.807) is 18.2 Å². The van der Waals surface area contributed by atoms with E-state index in [1.165, 1.54) is 11.8 Å². The summed E-state index contributed by atoms with van der Waals surface area (Å²) in [6.45, 7) is 3.55. The summed E-state index contributed by atoms with van der Waals surface area (Å²) >= 11 is 13.5. The summed E-state index contributed by atoms with van der Waals surface area (Å²) < 4.78 is 1.88. The number of nitro groups is 1. The van der Waals surface area contributed by atoms with E-state index in [9.17, 15) is 10.1 Å². The number of rotatable bonds is 6. The smallest absolute Gasteiger partial charge is 0.220 e. The van der Waals surface area contributed by atoms with Gasteiger partial charge in [0, 0.05) is 20.7 Å². The summed E-state index contributed by atoms with van der Waals surface area (Å²) in [5, 5.41) is 20.5. The van der Waals surface area contributed by atoms with Crippen LogP contribution in [0, 0.1) is 24.0 Å². The molecule has 0 aliphatic rings. The normalized spacial score (nSPS) is 12.1. The highest BCUT2D eigenvalue weighted by Gasteiger charge is 2.25. The van der Waals surface area contributed by atoms with Crippen molar-refractivity contribution >= 4 is 35.0 Å². The van der Waals surface area contributed by atoms with Gasteiger partial charge in [-0.1, -0.05) is 58.7 Å². The van der Waals surface area contributed by atoms with Crippen LogP contribution in [0.5, 0.6) is 0 Å². The van der Waals surface area contributed by atoms with Crippen LogP contribution in [0.15, 0.2) is 47.6 Å². The molecule has 0 fully saturated rings. The molecular formula is C18H16Cl2N4O2S. The Bertz CT molecular complexity index is 976. The summed E-state index contributed by atoms with van der Waals surface area (Å²) in [6.07, 6.45) is 0. The summed E-state index contributed by atoms with van der Waals surface area (Å²) in [5.41, 5.74) is 2.67. The number of hydrogen-bond acceptors (Lipinski definition) is 5. The highest BCUT2D eigenvalue weighted by atomic mass is 35.5. The Kier molecular flexibility index (Phi) is 6.04. The van der Waals surface area contributed by atoms with E-state index in [4.69, 9.17) is 23.2 Å². The third-order valence-corrected chi connectivity index (χ3v) is 5.68. The summed E-state index contributed by atoms with van der Waals surface area (Å²) in [7, 11) is 0. The zero-order valence-electron chi connectivity index (χ0n) is 14.6. The fourth-order valence-electron chi connectivity index (χ4n) is 2.63. The summed E-state index contributed by atoms with van der Waals surface area (Å²) in [4.78, 5) is 10.9. The second kappa shape index (κ2) is 8.29. The first-order chi connectivity index (χ1) is 12.8. The number of thioether (sulfide) groups is 1. The lowest BCUT2D eigenvalue weighted by molar-refractivity contribution is -0.479. The molecular weight excluding hydrogens is 407 g/mol. The van der Waals surface area contributed by atoms with Crippen molar-refractivity contribution in [3.63, 3.8) is 0 Å². The Hall–Kier alpha value is -2.09. The largest absolute Gasteiger partial charge is 0.274 e. The van der Waals surface area contributed by atoms with Crippen molar-refractivity contribution in [2.75, 3.05) is 6.54 Å². The third kappa shape index (κ3) is 4.61. The van der Waals surface area contributed by atoms with Crippen molar-refractivity contribution in [2.45, 2.75) is 24.3 Å². The molecule has 0 saturated carbocycles. The average molecular weight is 423 g/mol. The second-order valence-electron chi connectivity index (χ2n) is 5.99. The molecule has 0 amide bonds.